The van der Waals surface area contributed by atoms with Gasteiger partial charge in [0, 0.05) is 12.0 Å². The van der Waals surface area contributed by atoms with E-state index in [1.807, 2.05) is 31.2 Å². The van der Waals surface area contributed by atoms with Gasteiger partial charge in [0.1, 0.15) is 0 Å². The molecule has 0 saturated heterocycles. The van der Waals surface area contributed by atoms with E-state index in [1.54, 1.807) is 6.20 Å². The van der Waals surface area contributed by atoms with Crippen molar-refractivity contribution in [1.82, 2.24) is 4.98 Å². The number of rotatable bonds is 4. The zero-order valence-corrected chi connectivity index (χ0v) is 9.51. The Balaban J connectivity index is 2.12. The summed E-state index contributed by atoms with van der Waals surface area (Å²) >= 11 is 0. The smallest absolute Gasteiger partial charge is 0.303 e. The average molecular weight is 231 g/mol. The lowest BCUT2D eigenvalue weighted by atomic mass is 10.1. The minimum atomic E-state index is -0.847. The Hall–Kier alpha value is -2.10. The van der Waals surface area contributed by atoms with Crippen molar-refractivity contribution >= 4 is 5.97 Å². The molecule has 0 fully saturated rings. The molecule has 0 unspecified atom stereocenters. The number of aliphatic carboxylic acids is 1. The topological polar surface area (TPSA) is 63.3 Å². The maximum Gasteiger partial charge on any atom is 0.303 e. The van der Waals surface area contributed by atoms with Gasteiger partial charge in [0.05, 0.1) is 12.6 Å². The maximum atomic E-state index is 10.4. The Morgan fingerprint density at radius 1 is 1.35 bits per heavy atom. The van der Waals surface area contributed by atoms with E-state index >= 15 is 0 Å². The molecule has 0 atom stereocenters. The first-order chi connectivity index (χ1) is 8.15. The van der Waals surface area contributed by atoms with Gasteiger partial charge in [-0.3, -0.25) is 4.79 Å². The molecule has 4 heteroatoms. The second-order valence-electron chi connectivity index (χ2n) is 3.88. The van der Waals surface area contributed by atoms with Crippen LogP contribution in [-0.4, -0.2) is 16.1 Å². The highest BCUT2D eigenvalue weighted by molar-refractivity contribution is 5.66. The SMILES string of the molecule is Cc1ccc(-c2cnc(CCC(=O)O)o2)cc1. The highest BCUT2D eigenvalue weighted by Gasteiger charge is 2.07. The Bertz CT molecular complexity index is 514. The normalized spacial score (nSPS) is 10.4. The molecule has 1 aromatic carbocycles. The molecular formula is C13H13NO3. The van der Waals surface area contributed by atoms with E-state index in [0.717, 1.165) is 5.56 Å². The minimum Gasteiger partial charge on any atom is -0.481 e. The van der Waals surface area contributed by atoms with Crippen LogP contribution in [0.25, 0.3) is 11.3 Å². The number of nitrogens with zero attached hydrogens (tertiary/aromatic N) is 1. The van der Waals surface area contributed by atoms with Crippen molar-refractivity contribution in [3.05, 3.63) is 41.9 Å². The molecule has 88 valence electrons. The molecular weight excluding hydrogens is 218 g/mol. The van der Waals surface area contributed by atoms with E-state index in [2.05, 4.69) is 4.98 Å². The van der Waals surface area contributed by atoms with E-state index in [4.69, 9.17) is 9.52 Å². The summed E-state index contributed by atoms with van der Waals surface area (Å²) < 4.78 is 5.49. The van der Waals surface area contributed by atoms with Crippen molar-refractivity contribution in [2.75, 3.05) is 0 Å². The number of benzene rings is 1. The van der Waals surface area contributed by atoms with Gasteiger partial charge < -0.3 is 9.52 Å². The number of carboxylic acid groups (broad SMARTS) is 1. The zero-order valence-electron chi connectivity index (χ0n) is 9.51. The van der Waals surface area contributed by atoms with Crippen molar-refractivity contribution in [3.63, 3.8) is 0 Å². The molecule has 1 aromatic heterocycles. The second kappa shape index (κ2) is 4.82. The van der Waals surface area contributed by atoms with Gasteiger partial charge in [0.2, 0.25) is 0 Å². The van der Waals surface area contributed by atoms with Crippen molar-refractivity contribution in [1.29, 1.82) is 0 Å². The third kappa shape index (κ3) is 2.93. The van der Waals surface area contributed by atoms with Crippen LogP contribution in [0, 0.1) is 6.92 Å². The van der Waals surface area contributed by atoms with Crippen molar-refractivity contribution in [2.24, 2.45) is 0 Å². The molecule has 2 rings (SSSR count). The van der Waals surface area contributed by atoms with Crippen LogP contribution in [0.4, 0.5) is 0 Å². The molecule has 17 heavy (non-hydrogen) atoms. The predicted molar refractivity (Wildman–Crippen MR) is 62.6 cm³/mol. The van der Waals surface area contributed by atoms with Crippen LogP contribution >= 0.6 is 0 Å². The molecule has 0 saturated carbocycles. The molecule has 0 radical (unpaired) electrons. The molecule has 1 heterocycles. The summed E-state index contributed by atoms with van der Waals surface area (Å²) in [7, 11) is 0. The van der Waals surface area contributed by atoms with Gasteiger partial charge in [0.25, 0.3) is 0 Å². The van der Waals surface area contributed by atoms with Crippen LogP contribution in [0.5, 0.6) is 0 Å². The lowest BCUT2D eigenvalue weighted by Gasteiger charge is -1.96. The largest absolute Gasteiger partial charge is 0.481 e. The highest BCUT2D eigenvalue weighted by atomic mass is 16.4. The Morgan fingerprint density at radius 2 is 2.06 bits per heavy atom. The number of aromatic nitrogens is 1. The first-order valence-electron chi connectivity index (χ1n) is 5.38. The van der Waals surface area contributed by atoms with E-state index < -0.39 is 5.97 Å². The van der Waals surface area contributed by atoms with E-state index in [0.29, 0.717) is 18.1 Å². The van der Waals surface area contributed by atoms with Crippen LogP contribution in [0.1, 0.15) is 17.9 Å². The Morgan fingerprint density at radius 3 is 2.71 bits per heavy atom. The Labute approximate surface area is 98.9 Å². The second-order valence-corrected chi connectivity index (χ2v) is 3.88. The molecule has 0 aliphatic rings. The average Bonchev–Trinajstić information content (AvgIpc) is 2.76. The Kier molecular flexibility index (Phi) is 3.23. The fraction of sp³-hybridized carbons (Fsp3) is 0.231. The predicted octanol–water partition coefficient (Wildman–Crippen LogP) is 2.67. The number of carbonyl (C=O) groups is 1. The summed E-state index contributed by atoms with van der Waals surface area (Å²) in [6.07, 6.45) is 1.98. The van der Waals surface area contributed by atoms with Gasteiger partial charge in [-0.1, -0.05) is 29.8 Å². The molecule has 0 bridgehead atoms. The van der Waals surface area contributed by atoms with Crippen LogP contribution in [-0.2, 0) is 11.2 Å². The van der Waals surface area contributed by atoms with Crippen LogP contribution in [0.3, 0.4) is 0 Å². The van der Waals surface area contributed by atoms with Crippen molar-refractivity contribution in [3.8, 4) is 11.3 Å². The van der Waals surface area contributed by atoms with Crippen LogP contribution in [0.2, 0.25) is 0 Å². The minimum absolute atomic E-state index is 0.0356. The third-order valence-corrected chi connectivity index (χ3v) is 2.44. The third-order valence-electron chi connectivity index (χ3n) is 2.44. The van der Waals surface area contributed by atoms with Gasteiger partial charge >= 0.3 is 5.97 Å². The van der Waals surface area contributed by atoms with E-state index in [1.165, 1.54) is 5.56 Å². The summed E-state index contributed by atoms with van der Waals surface area (Å²) in [5.41, 5.74) is 2.13. The van der Waals surface area contributed by atoms with Crippen molar-refractivity contribution in [2.45, 2.75) is 19.8 Å². The van der Waals surface area contributed by atoms with Gasteiger partial charge in [-0.25, -0.2) is 4.98 Å². The van der Waals surface area contributed by atoms with Crippen molar-refractivity contribution < 1.29 is 14.3 Å². The summed E-state index contributed by atoms with van der Waals surface area (Å²) in [6, 6.07) is 7.90. The van der Waals surface area contributed by atoms with Gasteiger partial charge in [-0.05, 0) is 6.92 Å². The molecule has 4 nitrogen and oxygen atoms in total. The fourth-order valence-electron chi connectivity index (χ4n) is 1.49. The summed E-state index contributed by atoms with van der Waals surface area (Å²) in [5.74, 6) is 0.286. The highest BCUT2D eigenvalue weighted by Crippen LogP contribution is 2.21. The van der Waals surface area contributed by atoms with Crippen LogP contribution < -0.4 is 0 Å². The first-order valence-corrected chi connectivity index (χ1v) is 5.38. The summed E-state index contributed by atoms with van der Waals surface area (Å²) in [6.45, 7) is 2.02. The molecule has 0 amide bonds. The monoisotopic (exact) mass is 231 g/mol. The standard InChI is InChI=1S/C13H13NO3/c1-9-2-4-10(5-3-9)11-8-14-12(17-11)6-7-13(15)16/h2-5,8H,6-7H2,1H3,(H,15,16). The summed E-state index contributed by atoms with van der Waals surface area (Å²) in [4.78, 5) is 14.5. The zero-order chi connectivity index (χ0) is 12.3. The van der Waals surface area contributed by atoms with Gasteiger partial charge in [-0.15, -0.1) is 0 Å². The summed E-state index contributed by atoms with van der Waals surface area (Å²) in [5, 5.41) is 8.56. The maximum absolute atomic E-state index is 10.4. The number of hydrogen-bond acceptors (Lipinski definition) is 3. The number of carboxylic acids is 1. The van der Waals surface area contributed by atoms with Gasteiger partial charge in [0.15, 0.2) is 11.7 Å². The molecule has 0 aliphatic carbocycles. The lowest BCUT2D eigenvalue weighted by molar-refractivity contribution is -0.137. The molecule has 1 N–H and O–H groups in total. The number of aryl methyl sites for hydroxylation is 2. The molecule has 0 spiro atoms. The van der Waals surface area contributed by atoms with E-state index in [-0.39, 0.29) is 6.42 Å². The van der Waals surface area contributed by atoms with E-state index in [9.17, 15) is 4.79 Å². The first kappa shape index (κ1) is 11.4. The lowest BCUT2D eigenvalue weighted by Crippen LogP contribution is -1.97. The molecule has 2 aromatic rings. The number of oxazole rings is 1. The van der Waals surface area contributed by atoms with Crippen LogP contribution in [0.15, 0.2) is 34.9 Å². The fourth-order valence-corrected chi connectivity index (χ4v) is 1.49. The number of hydrogen-bond donors (Lipinski definition) is 1. The van der Waals surface area contributed by atoms with Gasteiger partial charge in [-0.2, -0.15) is 0 Å². The molecule has 0 aliphatic heterocycles. The quantitative estimate of drug-likeness (QED) is 0.878.